The van der Waals surface area contributed by atoms with Gasteiger partial charge in [0.2, 0.25) is 0 Å². The molecule has 0 radical (unpaired) electrons. The predicted molar refractivity (Wildman–Crippen MR) is 50.6 cm³/mol. The van der Waals surface area contributed by atoms with E-state index in [4.69, 9.17) is 4.74 Å². The molecular weight excluding hydrogens is 166 g/mol. The first-order chi connectivity index (χ1) is 6.36. The van der Waals surface area contributed by atoms with Crippen molar-refractivity contribution in [2.75, 3.05) is 19.7 Å². The lowest BCUT2D eigenvalue weighted by Crippen LogP contribution is -2.26. The second kappa shape index (κ2) is 4.40. The molecule has 2 fully saturated rings. The predicted octanol–water partition coefficient (Wildman–Crippen LogP) is 0.526. The zero-order chi connectivity index (χ0) is 9.10. The fourth-order valence-corrected chi connectivity index (χ4v) is 2.22. The van der Waals surface area contributed by atoms with E-state index in [0.717, 1.165) is 39.0 Å². The number of nitrogens with one attached hydrogen (secondary N) is 1. The summed E-state index contributed by atoms with van der Waals surface area (Å²) in [6.07, 6.45) is 4.24. The molecule has 1 saturated heterocycles. The van der Waals surface area contributed by atoms with Gasteiger partial charge < -0.3 is 15.2 Å². The summed E-state index contributed by atoms with van der Waals surface area (Å²) in [5.41, 5.74) is 0. The summed E-state index contributed by atoms with van der Waals surface area (Å²) in [5, 5.41) is 12.8. The van der Waals surface area contributed by atoms with Crippen molar-refractivity contribution in [3.63, 3.8) is 0 Å². The maximum atomic E-state index is 9.52. The fraction of sp³-hybridized carbons (Fsp3) is 1.00. The Balaban J connectivity index is 1.66. The summed E-state index contributed by atoms with van der Waals surface area (Å²) in [4.78, 5) is 0. The summed E-state index contributed by atoms with van der Waals surface area (Å²) in [6, 6.07) is 0. The van der Waals surface area contributed by atoms with Crippen LogP contribution in [0.5, 0.6) is 0 Å². The SMILES string of the molecule is OC1CCCC1OCC1CCNC1. The molecule has 0 aromatic carbocycles. The van der Waals surface area contributed by atoms with E-state index in [9.17, 15) is 5.11 Å². The first-order valence-corrected chi connectivity index (χ1v) is 5.36. The molecule has 3 atom stereocenters. The van der Waals surface area contributed by atoms with Crippen LogP contribution in [0, 0.1) is 5.92 Å². The Hall–Kier alpha value is -0.120. The van der Waals surface area contributed by atoms with Crippen molar-refractivity contribution in [1.82, 2.24) is 5.32 Å². The highest BCUT2D eigenvalue weighted by atomic mass is 16.5. The van der Waals surface area contributed by atoms with Crippen LogP contribution in [-0.4, -0.2) is 37.0 Å². The van der Waals surface area contributed by atoms with Gasteiger partial charge in [-0.15, -0.1) is 0 Å². The third kappa shape index (κ3) is 2.42. The molecule has 2 rings (SSSR count). The Kier molecular flexibility index (Phi) is 3.19. The first kappa shape index (κ1) is 9.44. The molecule has 3 nitrogen and oxygen atoms in total. The molecule has 76 valence electrons. The molecule has 0 aromatic heterocycles. The van der Waals surface area contributed by atoms with E-state index in [-0.39, 0.29) is 12.2 Å². The molecule has 1 saturated carbocycles. The number of hydrogen-bond acceptors (Lipinski definition) is 3. The van der Waals surface area contributed by atoms with Crippen molar-refractivity contribution in [3.8, 4) is 0 Å². The van der Waals surface area contributed by atoms with Crippen molar-refractivity contribution in [2.24, 2.45) is 5.92 Å². The van der Waals surface area contributed by atoms with Gasteiger partial charge in [-0.1, -0.05) is 0 Å². The highest BCUT2D eigenvalue weighted by Gasteiger charge is 2.27. The van der Waals surface area contributed by atoms with E-state index in [0.29, 0.717) is 5.92 Å². The van der Waals surface area contributed by atoms with Crippen molar-refractivity contribution < 1.29 is 9.84 Å². The summed E-state index contributed by atoms with van der Waals surface area (Å²) >= 11 is 0. The van der Waals surface area contributed by atoms with E-state index in [2.05, 4.69) is 5.32 Å². The maximum Gasteiger partial charge on any atom is 0.0834 e. The van der Waals surface area contributed by atoms with Crippen LogP contribution in [0.25, 0.3) is 0 Å². The molecule has 13 heavy (non-hydrogen) atoms. The smallest absolute Gasteiger partial charge is 0.0834 e. The number of ether oxygens (including phenoxy) is 1. The normalized spacial score (nSPS) is 39.9. The largest absolute Gasteiger partial charge is 0.390 e. The van der Waals surface area contributed by atoms with Gasteiger partial charge in [0.05, 0.1) is 18.8 Å². The Morgan fingerprint density at radius 1 is 1.31 bits per heavy atom. The molecule has 3 unspecified atom stereocenters. The highest BCUT2D eigenvalue weighted by Crippen LogP contribution is 2.23. The standard InChI is InChI=1S/C10H19NO2/c12-9-2-1-3-10(9)13-7-8-4-5-11-6-8/h8-12H,1-7H2. The number of hydrogen-bond donors (Lipinski definition) is 2. The Bertz CT molecular complexity index is 157. The van der Waals surface area contributed by atoms with Gasteiger partial charge in [0.15, 0.2) is 0 Å². The molecule has 1 aliphatic carbocycles. The number of rotatable bonds is 3. The lowest BCUT2D eigenvalue weighted by Gasteiger charge is -2.17. The van der Waals surface area contributed by atoms with Crippen molar-refractivity contribution in [3.05, 3.63) is 0 Å². The Morgan fingerprint density at radius 2 is 2.23 bits per heavy atom. The van der Waals surface area contributed by atoms with Crippen LogP contribution in [-0.2, 0) is 4.74 Å². The molecular formula is C10H19NO2. The third-order valence-corrected chi connectivity index (χ3v) is 3.13. The van der Waals surface area contributed by atoms with Crippen LogP contribution in [0.4, 0.5) is 0 Å². The Morgan fingerprint density at radius 3 is 2.85 bits per heavy atom. The average Bonchev–Trinajstić information content (AvgIpc) is 2.72. The van der Waals surface area contributed by atoms with E-state index < -0.39 is 0 Å². The molecule has 2 aliphatic rings. The molecule has 0 spiro atoms. The first-order valence-electron chi connectivity index (χ1n) is 5.36. The van der Waals surface area contributed by atoms with Crippen LogP contribution in [0.2, 0.25) is 0 Å². The van der Waals surface area contributed by atoms with Crippen LogP contribution in [0.3, 0.4) is 0 Å². The molecule has 2 N–H and O–H groups in total. The van der Waals surface area contributed by atoms with Crippen LogP contribution >= 0.6 is 0 Å². The van der Waals surface area contributed by atoms with Crippen molar-refractivity contribution >= 4 is 0 Å². The van der Waals surface area contributed by atoms with Gasteiger partial charge >= 0.3 is 0 Å². The van der Waals surface area contributed by atoms with Gasteiger partial charge in [-0.25, -0.2) is 0 Å². The lowest BCUT2D eigenvalue weighted by molar-refractivity contribution is -0.0300. The van der Waals surface area contributed by atoms with E-state index >= 15 is 0 Å². The van der Waals surface area contributed by atoms with E-state index in [1.165, 1.54) is 6.42 Å². The average molecular weight is 185 g/mol. The quantitative estimate of drug-likeness (QED) is 0.674. The van der Waals surface area contributed by atoms with Gasteiger partial charge in [0.25, 0.3) is 0 Å². The Labute approximate surface area is 79.5 Å². The van der Waals surface area contributed by atoms with Gasteiger partial charge in [-0.2, -0.15) is 0 Å². The fourth-order valence-electron chi connectivity index (χ4n) is 2.22. The van der Waals surface area contributed by atoms with E-state index in [1.54, 1.807) is 0 Å². The molecule has 3 heteroatoms. The zero-order valence-corrected chi connectivity index (χ0v) is 8.04. The number of aliphatic hydroxyl groups excluding tert-OH is 1. The van der Waals surface area contributed by atoms with Crippen LogP contribution < -0.4 is 5.32 Å². The molecule has 0 aromatic rings. The summed E-state index contributed by atoms with van der Waals surface area (Å²) in [6.45, 7) is 3.04. The van der Waals surface area contributed by atoms with E-state index in [1.807, 2.05) is 0 Å². The highest BCUT2D eigenvalue weighted by molar-refractivity contribution is 4.78. The second-order valence-corrected chi connectivity index (χ2v) is 4.23. The van der Waals surface area contributed by atoms with Crippen molar-refractivity contribution in [2.45, 2.75) is 37.9 Å². The van der Waals surface area contributed by atoms with Crippen molar-refractivity contribution in [1.29, 1.82) is 0 Å². The van der Waals surface area contributed by atoms with Gasteiger partial charge in [0, 0.05) is 6.54 Å². The third-order valence-electron chi connectivity index (χ3n) is 3.13. The monoisotopic (exact) mass is 185 g/mol. The molecule has 1 heterocycles. The topological polar surface area (TPSA) is 41.5 Å². The minimum absolute atomic E-state index is 0.126. The van der Waals surface area contributed by atoms with Crippen LogP contribution in [0.1, 0.15) is 25.7 Å². The molecule has 1 aliphatic heterocycles. The summed E-state index contributed by atoms with van der Waals surface area (Å²) in [5.74, 6) is 0.674. The van der Waals surface area contributed by atoms with Gasteiger partial charge in [-0.3, -0.25) is 0 Å². The zero-order valence-electron chi connectivity index (χ0n) is 8.04. The molecule has 0 bridgehead atoms. The number of aliphatic hydroxyl groups is 1. The van der Waals surface area contributed by atoms with Gasteiger partial charge in [0.1, 0.15) is 0 Å². The second-order valence-electron chi connectivity index (χ2n) is 4.23. The van der Waals surface area contributed by atoms with Gasteiger partial charge in [-0.05, 0) is 38.1 Å². The maximum absolute atomic E-state index is 9.52. The summed E-state index contributed by atoms with van der Waals surface area (Å²) in [7, 11) is 0. The minimum Gasteiger partial charge on any atom is -0.390 e. The molecule has 0 amide bonds. The summed E-state index contributed by atoms with van der Waals surface area (Å²) < 4.78 is 5.71. The minimum atomic E-state index is -0.200. The van der Waals surface area contributed by atoms with Crippen LogP contribution in [0.15, 0.2) is 0 Å². The lowest BCUT2D eigenvalue weighted by atomic mass is 10.1.